The summed E-state index contributed by atoms with van der Waals surface area (Å²) in [6.45, 7) is 0. The fourth-order valence-corrected chi connectivity index (χ4v) is 42.9. The molecule has 0 spiro atoms. The molecule has 0 bridgehead atoms. The van der Waals surface area contributed by atoms with Gasteiger partial charge in [0.15, 0.2) is 0 Å². The van der Waals surface area contributed by atoms with E-state index in [0.29, 0.717) is 0 Å². The Hall–Kier alpha value is -0.398. The van der Waals surface area contributed by atoms with Crippen LogP contribution in [0.4, 0.5) is 0 Å². The van der Waals surface area contributed by atoms with Crippen molar-refractivity contribution in [3.8, 4) is 11.1 Å². The zero-order valence-electron chi connectivity index (χ0n) is 13.3. The Morgan fingerprint density at radius 2 is 1.77 bits per heavy atom. The first-order valence-corrected chi connectivity index (χ1v) is 28.4. The predicted octanol–water partition coefficient (Wildman–Crippen LogP) is 4.33. The fraction of sp³-hybridized carbons (Fsp3) is 0.200. The zero-order chi connectivity index (χ0) is 15.1. The molecule has 0 saturated carbocycles. The molecule has 0 amide bonds. The molecule has 0 unspecified atom stereocenters. The van der Waals surface area contributed by atoms with Gasteiger partial charge in [-0.2, -0.15) is 0 Å². The van der Waals surface area contributed by atoms with Crippen molar-refractivity contribution in [2.75, 3.05) is 0 Å². The summed E-state index contributed by atoms with van der Waals surface area (Å²) in [6.07, 6.45) is 9.54. The molecule has 0 radical (unpaired) electrons. The second kappa shape index (κ2) is 6.25. The van der Waals surface area contributed by atoms with E-state index in [2.05, 4.69) is 70.6 Å². The Labute approximate surface area is 143 Å². The van der Waals surface area contributed by atoms with E-state index in [1.54, 1.807) is 5.56 Å². The topological polar surface area (TPSA) is 0 Å². The van der Waals surface area contributed by atoms with Crippen molar-refractivity contribution in [3.63, 3.8) is 0 Å². The van der Waals surface area contributed by atoms with Crippen molar-refractivity contribution < 1.29 is 17.6 Å². The molecule has 4 rings (SSSR count). The molecule has 2 aliphatic carbocycles. The van der Waals surface area contributed by atoms with Crippen LogP contribution in [-0.4, -0.2) is 15.2 Å². The Bertz CT molecular complexity index is 786. The molecular formula is C20H21SnZr. The number of rotatable bonds is 3. The second-order valence-corrected chi connectivity index (χ2v) is 46.9. The molecule has 0 atom stereocenters. The Morgan fingerprint density at radius 1 is 0.955 bits per heavy atom. The van der Waals surface area contributed by atoms with E-state index in [9.17, 15) is 0 Å². The molecule has 0 heterocycles. The average Bonchev–Trinajstić information content (AvgIpc) is 3.15. The fourth-order valence-electron chi connectivity index (χ4n) is 3.91. The molecule has 0 fully saturated rings. The van der Waals surface area contributed by atoms with Gasteiger partial charge in [0.25, 0.3) is 0 Å². The van der Waals surface area contributed by atoms with E-state index in [1.807, 2.05) is 6.55 Å². The third-order valence-corrected chi connectivity index (χ3v) is 43.9. The third-order valence-electron chi connectivity index (χ3n) is 4.84. The maximum absolute atomic E-state index is 2.65. The van der Waals surface area contributed by atoms with E-state index >= 15 is 0 Å². The van der Waals surface area contributed by atoms with Crippen LogP contribution in [0.3, 0.4) is 0 Å². The first-order chi connectivity index (χ1) is 10.8. The molecule has 22 heavy (non-hydrogen) atoms. The third kappa shape index (κ3) is 2.55. The van der Waals surface area contributed by atoms with Gasteiger partial charge in [-0.25, -0.2) is 0 Å². The summed E-state index contributed by atoms with van der Waals surface area (Å²) in [7, 11) is 0. The van der Waals surface area contributed by atoms with Gasteiger partial charge in [0.1, 0.15) is 0 Å². The van der Waals surface area contributed by atoms with Crippen molar-refractivity contribution in [1.29, 1.82) is 0 Å². The van der Waals surface area contributed by atoms with Crippen molar-refractivity contribution >= 4 is 18.5 Å². The number of fused-ring (bicyclic) bond motifs is 3. The monoisotopic (exact) mass is 471 g/mol. The van der Waals surface area contributed by atoms with Crippen LogP contribution in [0.2, 0.25) is 9.88 Å². The zero-order valence-corrected chi connectivity index (χ0v) is 19.0. The Kier molecular flexibility index (Phi) is 4.30. The molecule has 2 heteroatoms. The van der Waals surface area contributed by atoms with Gasteiger partial charge >= 0.3 is 145 Å². The van der Waals surface area contributed by atoms with Gasteiger partial charge in [0.05, 0.1) is 0 Å². The quantitative estimate of drug-likeness (QED) is 0.499. The summed E-state index contributed by atoms with van der Waals surface area (Å²) >= 11 is -2.91. The van der Waals surface area contributed by atoms with Crippen molar-refractivity contribution in [2.45, 2.75) is 22.7 Å². The summed E-state index contributed by atoms with van der Waals surface area (Å²) in [5, 5.41) is 0. The summed E-state index contributed by atoms with van der Waals surface area (Å²) in [5.41, 5.74) is 6.24. The molecule has 0 nitrogen and oxygen atoms in total. The normalized spacial score (nSPS) is 15.0. The molecule has 2 aromatic rings. The Balaban J connectivity index is 1.84. The summed E-state index contributed by atoms with van der Waals surface area (Å²) in [6, 6.07) is 16.2. The van der Waals surface area contributed by atoms with Crippen molar-refractivity contribution in [3.05, 3.63) is 75.1 Å². The molecule has 0 aromatic heterocycles. The van der Waals surface area contributed by atoms with Gasteiger partial charge in [-0.3, -0.25) is 0 Å². The minimum atomic E-state index is -1.57. The van der Waals surface area contributed by atoms with E-state index < -0.39 is 32.8 Å². The van der Waals surface area contributed by atoms with E-state index in [0.717, 1.165) is 0 Å². The van der Waals surface area contributed by atoms with Crippen LogP contribution in [0.25, 0.3) is 11.1 Å². The summed E-state index contributed by atoms with van der Waals surface area (Å²) < 4.78 is 3.69. The first kappa shape index (κ1) is 15.1. The first-order valence-electron chi connectivity index (χ1n) is 8.19. The number of allylic oxidation sites excluding steroid dienone is 4. The van der Waals surface area contributed by atoms with Gasteiger partial charge in [-0.15, -0.1) is 0 Å². The van der Waals surface area contributed by atoms with Gasteiger partial charge < -0.3 is 0 Å². The molecule has 2 aliphatic rings. The van der Waals surface area contributed by atoms with Crippen LogP contribution < -0.4 is 3.27 Å². The summed E-state index contributed by atoms with van der Waals surface area (Å²) in [4.78, 5) is 5.30. The average molecular weight is 471 g/mol. The van der Waals surface area contributed by atoms with Crippen LogP contribution in [0.15, 0.2) is 64.0 Å². The van der Waals surface area contributed by atoms with Gasteiger partial charge in [-0.05, 0) is 0 Å². The van der Waals surface area contributed by atoms with Crippen LogP contribution in [0.1, 0.15) is 17.5 Å². The van der Waals surface area contributed by atoms with Crippen molar-refractivity contribution in [1.82, 2.24) is 0 Å². The van der Waals surface area contributed by atoms with Crippen LogP contribution in [0.5, 0.6) is 0 Å². The van der Waals surface area contributed by atoms with E-state index in [-0.39, 0.29) is 0 Å². The predicted molar refractivity (Wildman–Crippen MR) is 95.0 cm³/mol. The summed E-state index contributed by atoms with van der Waals surface area (Å²) in [5.74, 6) is 0. The molecule has 0 N–H and O–H groups in total. The van der Waals surface area contributed by atoms with Gasteiger partial charge in [-0.1, -0.05) is 0 Å². The molecule has 2 aromatic carbocycles. The number of hydrogen-bond donors (Lipinski definition) is 0. The van der Waals surface area contributed by atoms with E-state index in [1.165, 1.54) is 29.5 Å². The van der Waals surface area contributed by atoms with Crippen molar-refractivity contribution in [2.24, 2.45) is 0 Å². The second-order valence-electron chi connectivity index (χ2n) is 6.56. The number of hydrogen-bond acceptors (Lipinski definition) is 0. The van der Waals surface area contributed by atoms with Crippen LogP contribution in [-0.2, 0) is 24.0 Å². The molecular weight excluding hydrogens is 450 g/mol. The van der Waals surface area contributed by atoms with E-state index in [4.69, 9.17) is 0 Å². The van der Waals surface area contributed by atoms with Gasteiger partial charge in [0, 0.05) is 0 Å². The molecule has 0 saturated heterocycles. The van der Waals surface area contributed by atoms with Crippen LogP contribution in [0, 0.1) is 0 Å². The maximum atomic E-state index is 2.65. The molecule has 0 aliphatic heterocycles. The Morgan fingerprint density at radius 3 is 2.55 bits per heavy atom. The SMILES string of the molecule is [CH3][SnH]([CH3])[Zr]([C]1=CC=CC1)[c]1cccc2c1Cc1ccccc1-2. The van der Waals surface area contributed by atoms with Crippen LogP contribution >= 0.6 is 0 Å². The standard InChI is InChI=1S/C13H9.C5H5.2CH3.Sn.Zr.H/c1-3-7-12-10(5-1)9-11-6-2-4-8-13(11)12;1-2-4-5-3-1;;;;;/h1-5,7-8H,9H2;1-3H,4H2;2*1H3;;;. The van der Waals surface area contributed by atoms with Gasteiger partial charge in [0.2, 0.25) is 0 Å². The minimum absolute atomic E-state index is 1.17. The molecule has 109 valence electrons. The number of benzene rings is 2.